The fourth-order valence-electron chi connectivity index (χ4n) is 5.80. The van der Waals surface area contributed by atoms with Crippen LogP contribution in [0.15, 0.2) is 61.1 Å². The number of carbonyl (C=O) groups is 1. The van der Waals surface area contributed by atoms with Gasteiger partial charge in [0.15, 0.2) is 11.5 Å². The number of H-pyrrole nitrogens is 2. The lowest BCUT2D eigenvalue weighted by Gasteiger charge is -2.11. The normalized spacial score (nSPS) is 14.0. The zero-order chi connectivity index (χ0) is 31.1. The minimum Gasteiger partial charge on any atom is -0.336 e. The summed E-state index contributed by atoms with van der Waals surface area (Å²) in [5.74, 6) is -0.0681. The van der Waals surface area contributed by atoms with Gasteiger partial charge < -0.3 is 10.3 Å². The lowest BCUT2D eigenvalue weighted by molar-refractivity contribution is -0.119. The number of pyridine rings is 3. The van der Waals surface area contributed by atoms with Crippen molar-refractivity contribution in [2.24, 2.45) is 5.92 Å². The number of aromatic amines is 2. The number of hydrogen-bond donors (Lipinski definition) is 3. The SMILES string of the molecule is CS(=O)(=O)CCc1cc(F)cc(-c2nccc3[nH]c(-c4n[nH]c5ccc(-c6cncc(NC(=O)C7CCCC7)c6)nc45)nc23)c1. The number of halogens is 1. The molecule has 0 radical (unpaired) electrons. The zero-order valence-corrected chi connectivity index (χ0v) is 25.2. The Hall–Kier alpha value is -5.04. The lowest BCUT2D eigenvalue weighted by atomic mass is 10.0. The molecule has 1 saturated carbocycles. The third-order valence-electron chi connectivity index (χ3n) is 8.05. The summed E-state index contributed by atoms with van der Waals surface area (Å²) >= 11 is 0. The van der Waals surface area contributed by atoms with Gasteiger partial charge in [0.25, 0.3) is 0 Å². The van der Waals surface area contributed by atoms with Gasteiger partial charge in [-0.25, -0.2) is 22.8 Å². The minimum absolute atomic E-state index is 0.0223. The highest BCUT2D eigenvalue weighted by Crippen LogP contribution is 2.32. The monoisotopic (exact) mass is 624 g/mol. The molecule has 0 bridgehead atoms. The van der Waals surface area contributed by atoms with E-state index in [0.29, 0.717) is 61.8 Å². The fraction of sp³-hybridized carbons (Fsp3) is 0.250. The van der Waals surface area contributed by atoms with Crippen molar-refractivity contribution in [3.8, 4) is 34.0 Å². The van der Waals surface area contributed by atoms with Crippen LogP contribution < -0.4 is 5.32 Å². The number of benzene rings is 1. The summed E-state index contributed by atoms with van der Waals surface area (Å²) in [5.41, 5.74) is 6.44. The maximum Gasteiger partial charge on any atom is 0.227 e. The molecule has 5 aromatic heterocycles. The Morgan fingerprint density at radius 2 is 1.80 bits per heavy atom. The van der Waals surface area contributed by atoms with Crippen LogP contribution in [-0.4, -0.2) is 61.5 Å². The van der Waals surface area contributed by atoms with Crippen LogP contribution in [0.2, 0.25) is 0 Å². The Bertz CT molecular complexity index is 2190. The van der Waals surface area contributed by atoms with Gasteiger partial charge in [0, 0.05) is 35.7 Å². The van der Waals surface area contributed by atoms with Crippen molar-refractivity contribution in [2.45, 2.75) is 32.1 Å². The molecule has 1 aliphatic carbocycles. The number of rotatable bonds is 8. The molecule has 0 saturated heterocycles. The second kappa shape index (κ2) is 11.5. The van der Waals surface area contributed by atoms with Crippen LogP contribution in [0.25, 0.3) is 56.1 Å². The largest absolute Gasteiger partial charge is 0.336 e. The topological polar surface area (TPSA) is 159 Å². The fourth-order valence-corrected chi connectivity index (χ4v) is 6.41. The molecule has 0 aliphatic heterocycles. The van der Waals surface area contributed by atoms with Gasteiger partial charge in [0.1, 0.15) is 26.7 Å². The van der Waals surface area contributed by atoms with Gasteiger partial charge in [-0.05, 0) is 67.3 Å². The van der Waals surface area contributed by atoms with Gasteiger partial charge in [-0.2, -0.15) is 5.10 Å². The van der Waals surface area contributed by atoms with E-state index in [1.807, 2.05) is 18.2 Å². The average molecular weight is 625 g/mol. The van der Waals surface area contributed by atoms with E-state index < -0.39 is 15.7 Å². The Morgan fingerprint density at radius 1 is 0.978 bits per heavy atom. The Labute approximate surface area is 257 Å². The summed E-state index contributed by atoms with van der Waals surface area (Å²) < 4.78 is 38.0. The van der Waals surface area contributed by atoms with E-state index >= 15 is 0 Å². The van der Waals surface area contributed by atoms with E-state index in [1.165, 1.54) is 12.1 Å². The molecular weight excluding hydrogens is 595 g/mol. The Morgan fingerprint density at radius 3 is 2.62 bits per heavy atom. The molecule has 13 heteroatoms. The van der Waals surface area contributed by atoms with Crippen molar-refractivity contribution in [1.82, 2.24) is 35.1 Å². The molecule has 1 aliphatic rings. The summed E-state index contributed by atoms with van der Waals surface area (Å²) in [5, 5.41) is 10.5. The number of imidazole rings is 1. The number of nitrogens with one attached hydrogen (secondary N) is 3. The second-order valence-electron chi connectivity index (χ2n) is 11.5. The number of carbonyl (C=O) groups excluding carboxylic acids is 1. The van der Waals surface area contributed by atoms with Gasteiger partial charge >= 0.3 is 0 Å². The molecule has 0 atom stereocenters. The van der Waals surface area contributed by atoms with Crippen molar-refractivity contribution in [1.29, 1.82) is 0 Å². The van der Waals surface area contributed by atoms with E-state index in [0.717, 1.165) is 37.5 Å². The number of nitrogens with zero attached hydrogens (tertiary/aromatic N) is 5. The molecule has 0 unspecified atom stereocenters. The van der Waals surface area contributed by atoms with E-state index in [4.69, 9.17) is 9.97 Å². The van der Waals surface area contributed by atoms with E-state index in [9.17, 15) is 17.6 Å². The molecule has 228 valence electrons. The predicted octanol–water partition coefficient (Wildman–Crippen LogP) is 5.48. The number of amides is 1. The van der Waals surface area contributed by atoms with Crippen molar-refractivity contribution in [3.63, 3.8) is 0 Å². The molecule has 1 amide bonds. The number of aryl methyl sites for hydroxylation is 1. The predicted molar refractivity (Wildman–Crippen MR) is 169 cm³/mol. The zero-order valence-electron chi connectivity index (χ0n) is 24.3. The maximum atomic E-state index is 14.6. The summed E-state index contributed by atoms with van der Waals surface area (Å²) in [6, 6.07) is 11.8. The van der Waals surface area contributed by atoms with Crippen molar-refractivity contribution in [3.05, 3.63) is 72.4 Å². The number of anilines is 1. The lowest BCUT2D eigenvalue weighted by Crippen LogP contribution is -2.20. The summed E-state index contributed by atoms with van der Waals surface area (Å²) in [6.45, 7) is 0. The third kappa shape index (κ3) is 6.03. The van der Waals surface area contributed by atoms with E-state index in [2.05, 4.69) is 30.5 Å². The molecule has 6 aromatic rings. The van der Waals surface area contributed by atoms with Crippen LogP contribution >= 0.6 is 0 Å². The van der Waals surface area contributed by atoms with Gasteiger partial charge in [-0.1, -0.05) is 12.8 Å². The van der Waals surface area contributed by atoms with Gasteiger partial charge in [-0.3, -0.25) is 19.9 Å². The number of aromatic nitrogens is 7. The molecule has 7 rings (SSSR count). The maximum absolute atomic E-state index is 14.6. The highest BCUT2D eigenvalue weighted by molar-refractivity contribution is 7.90. The average Bonchev–Trinajstić information content (AvgIpc) is 3.79. The molecule has 45 heavy (non-hydrogen) atoms. The number of hydrogen-bond acceptors (Lipinski definition) is 8. The van der Waals surface area contributed by atoms with Crippen LogP contribution in [0.5, 0.6) is 0 Å². The summed E-state index contributed by atoms with van der Waals surface area (Å²) in [7, 11) is -3.21. The first-order valence-electron chi connectivity index (χ1n) is 14.6. The summed E-state index contributed by atoms with van der Waals surface area (Å²) in [6.07, 6.45) is 10.2. The quantitative estimate of drug-likeness (QED) is 0.201. The van der Waals surface area contributed by atoms with Crippen LogP contribution in [-0.2, 0) is 21.1 Å². The van der Waals surface area contributed by atoms with Crippen LogP contribution in [0.3, 0.4) is 0 Å². The van der Waals surface area contributed by atoms with Crippen molar-refractivity contribution >= 4 is 43.5 Å². The van der Waals surface area contributed by atoms with Gasteiger partial charge in [-0.15, -0.1) is 0 Å². The molecule has 0 spiro atoms. The van der Waals surface area contributed by atoms with E-state index in [-0.39, 0.29) is 24.0 Å². The first-order valence-corrected chi connectivity index (χ1v) is 16.7. The van der Waals surface area contributed by atoms with Crippen LogP contribution in [0.4, 0.5) is 10.1 Å². The Balaban J connectivity index is 1.22. The smallest absolute Gasteiger partial charge is 0.227 e. The first-order chi connectivity index (χ1) is 21.7. The highest BCUT2D eigenvalue weighted by Gasteiger charge is 2.23. The molecule has 3 N–H and O–H groups in total. The highest BCUT2D eigenvalue weighted by atomic mass is 32.2. The first kappa shape index (κ1) is 28.7. The van der Waals surface area contributed by atoms with Crippen LogP contribution in [0, 0.1) is 11.7 Å². The molecule has 1 aromatic carbocycles. The van der Waals surface area contributed by atoms with E-state index in [1.54, 1.807) is 30.7 Å². The van der Waals surface area contributed by atoms with Crippen molar-refractivity contribution in [2.75, 3.05) is 17.3 Å². The second-order valence-corrected chi connectivity index (χ2v) is 13.7. The molecule has 11 nitrogen and oxygen atoms in total. The Kier molecular flexibility index (Phi) is 7.32. The van der Waals surface area contributed by atoms with Gasteiger partial charge in [0.2, 0.25) is 5.91 Å². The van der Waals surface area contributed by atoms with Gasteiger partial charge in [0.05, 0.1) is 40.1 Å². The minimum atomic E-state index is -3.21. The molecular formula is C32H29FN8O3S. The number of fused-ring (bicyclic) bond motifs is 2. The molecule has 5 heterocycles. The molecule has 1 fully saturated rings. The van der Waals surface area contributed by atoms with Crippen molar-refractivity contribution < 1.29 is 17.6 Å². The third-order valence-corrected chi connectivity index (χ3v) is 9.00. The summed E-state index contributed by atoms with van der Waals surface area (Å²) in [4.78, 5) is 34.4. The standard InChI is InChI=1S/C32H29FN8O3S/c1-45(43,44)11-9-18-12-20(14-22(33)13-18)27-28-25(8-10-35-27)38-31(39-28)30-29-26(40-41-30)7-6-24(37-29)21-15-23(17-34-16-21)36-32(42)19-4-2-3-5-19/h6-8,10,12-17,19H,2-5,9,11H2,1H3,(H,36,42)(H,38,39)(H,40,41). The number of sulfone groups is 1. The van der Waals surface area contributed by atoms with Crippen LogP contribution in [0.1, 0.15) is 31.2 Å².